The van der Waals surface area contributed by atoms with E-state index in [-0.39, 0.29) is 13.1 Å². The molecule has 0 saturated carbocycles. The molecule has 86 valence electrons. The summed E-state index contributed by atoms with van der Waals surface area (Å²) in [4.78, 5) is 17.9. The van der Waals surface area contributed by atoms with Gasteiger partial charge in [0.1, 0.15) is 5.82 Å². The van der Waals surface area contributed by atoms with Crippen molar-refractivity contribution in [1.29, 1.82) is 0 Å². The molecule has 4 nitrogen and oxygen atoms in total. The molecule has 0 aromatic carbocycles. The van der Waals surface area contributed by atoms with E-state index < -0.39 is 5.97 Å². The van der Waals surface area contributed by atoms with Crippen molar-refractivity contribution in [3.63, 3.8) is 0 Å². The number of rotatable bonds is 5. The van der Waals surface area contributed by atoms with Crippen molar-refractivity contribution < 1.29 is 9.90 Å². The van der Waals surface area contributed by atoms with Gasteiger partial charge in [0, 0.05) is 12.1 Å². The maximum absolute atomic E-state index is 10.8. The molecule has 0 radical (unpaired) electrons. The monoisotopic (exact) mass is 212 g/mol. The zero-order valence-corrected chi connectivity index (χ0v) is 8.63. The quantitative estimate of drug-likeness (QED) is 0.788. The minimum absolute atomic E-state index is 0. The molecule has 15 heavy (non-hydrogen) atoms. The van der Waals surface area contributed by atoms with Crippen molar-refractivity contribution in [1.82, 2.24) is 9.97 Å². The Morgan fingerprint density at radius 2 is 2.13 bits per heavy atom. The molecule has 1 aromatic heterocycles. The fraction of sp³-hybridized carbons (Fsp3) is 0.636. The zero-order valence-electron chi connectivity index (χ0n) is 8.63. The van der Waals surface area contributed by atoms with Crippen molar-refractivity contribution >= 4 is 5.97 Å². The summed E-state index contributed by atoms with van der Waals surface area (Å²) in [6.07, 6.45) is 3.64. The van der Waals surface area contributed by atoms with Crippen LogP contribution < -0.4 is 0 Å². The highest BCUT2D eigenvalue weighted by Crippen LogP contribution is 2.09. The smallest absolute Gasteiger partial charge is 0.356 e. The van der Waals surface area contributed by atoms with Gasteiger partial charge in [-0.1, -0.05) is 27.7 Å². The molecular formula is C11H20N2O2. The number of unbranched alkanes of at least 4 members (excludes halogenated alkanes) is 1. The topological polar surface area (TPSA) is 66.0 Å². The summed E-state index contributed by atoms with van der Waals surface area (Å²) < 4.78 is 0. The van der Waals surface area contributed by atoms with Gasteiger partial charge in [-0.2, -0.15) is 0 Å². The Bertz CT molecular complexity index is 318. The third kappa shape index (κ3) is 3.38. The number of aromatic nitrogens is 2. The predicted molar refractivity (Wildman–Crippen MR) is 60.3 cm³/mol. The van der Waals surface area contributed by atoms with Gasteiger partial charge >= 0.3 is 5.97 Å². The molecule has 0 bridgehead atoms. The van der Waals surface area contributed by atoms with E-state index in [0.717, 1.165) is 30.8 Å². The second-order valence-corrected chi connectivity index (χ2v) is 3.27. The Labute approximate surface area is 90.7 Å². The van der Waals surface area contributed by atoms with Crippen LogP contribution in [0.25, 0.3) is 0 Å². The molecule has 0 amide bonds. The molecule has 0 aliphatic rings. The summed E-state index contributed by atoms with van der Waals surface area (Å²) in [5.74, 6) is -0.151. The van der Waals surface area contributed by atoms with Crippen LogP contribution in [-0.4, -0.2) is 21.0 Å². The lowest BCUT2D eigenvalue weighted by molar-refractivity contribution is 0.0689. The van der Waals surface area contributed by atoms with Crippen LogP contribution in [0.15, 0.2) is 0 Å². The molecule has 0 spiro atoms. The van der Waals surface area contributed by atoms with Crippen LogP contribution >= 0.6 is 0 Å². The zero-order chi connectivity index (χ0) is 10.6. The molecule has 0 aliphatic heterocycles. The van der Waals surface area contributed by atoms with E-state index in [1.54, 1.807) is 0 Å². The van der Waals surface area contributed by atoms with Crippen molar-refractivity contribution in [2.24, 2.45) is 0 Å². The van der Waals surface area contributed by atoms with Gasteiger partial charge in [-0.15, -0.1) is 0 Å². The second-order valence-electron chi connectivity index (χ2n) is 3.27. The van der Waals surface area contributed by atoms with Gasteiger partial charge in [0.25, 0.3) is 0 Å². The molecule has 0 unspecified atom stereocenters. The molecule has 1 heterocycles. The second kappa shape index (κ2) is 6.22. The van der Waals surface area contributed by atoms with E-state index in [1.165, 1.54) is 0 Å². The van der Waals surface area contributed by atoms with Crippen molar-refractivity contribution in [3.05, 3.63) is 17.2 Å². The molecule has 0 aliphatic carbocycles. The average Bonchev–Trinajstić information content (AvgIpc) is 2.57. The van der Waals surface area contributed by atoms with E-state index in [1.807, 2.05) is 6.92 Å². The number of hydrogen-bond acceptors (Lipinski definition) is 2. The van der Waals surface area contributed by atoms with Gasteiger partial charge in [0.15, 0.2) is 5.69 Å². The summed E-state index contributed by atoms with van der Waals surface area (Å²) in [6.45, 7) is 4.02. The first kappa shape index (κ1) is 13.7. The number of carbonyl (C=O) groups is 1. The van der Waals surface area contributed by atoms with Crippen LogP contribution in [0.3, 0.4) is 0 Å². The van der Waals surface area contributed by atoms with E-state index in [9.17, 15) is 4.79 Å². The Kier molecular flexibility index (Phi) is 5.67. The largest absolute Gasteiger partial charge is 0.476 e. The maximum atomic E-state index is 10.8. The number of carboxylic acids is 1. The lowest BCUT2D eigenvalue weighted by Gasteiger charge is -1.92. The summed E-state index contributed by atoms with van der Waals surface area (Å²) in [7, 11) is 0. The number of nitrogens with one attached hydrogen (secondary N) is 1. The van der Waals surface area contributed by atoms with E-state index in [4.69, 9.17) is 5.11 Å². The van der Waals surface area contributed by atoms with Gasteiger partial charge in [-0.3, -0.25) is 0 Å². The molecule has 1 aromatic rings. The van der Waals surface area contributed by atoms with Crippen molar-refractivity contribution in [2.75, 3.05) is 0 Å². The summed E-state index contributed by atoms with van der Waals surface area (Å²) in [6, 6.07) is 0. The maximum Gasteiger partial charge on any atom is 0.356 e. The van der Waals surface area contributed by atoms with Crippen LogP contribution in [0.5, 0.6) is 0 Å². The summed E-state index contributed by atoms with van der Waals surface area (Å²) >= 11 is 0. The van der Waals surface area contributed by atoms with Crippen molar-refractivity contribution in [3.8, 4) is 0 Å². The normalized spacial score (nSPS) is 9.73. The predicted octanol–water partition coefficient (Wildman–Crippen LogP) is 2.65. The van der Waals surface area contributed by atoms with E-state index >= 15 is 0 Å². The van der Waals surface area contributed by atoms with Gasteiger partial charge in [0.05, 0.1) is 0 Å². The molecule has 0 saturated heterocycles. The van der Waals surface area contributed by atoms with Gasteiger partial charge in [-0.05, 0) is 12.8 Å². The molecule has 0 fully saturated rings. The molecule has 4 heteroatoms. The Morgan fingerprint density at radius 1 is 1.47 bits per heavy atom. The van der Waals surface area contributed by atoms with Crippen LogP contribution in [0.1, 0.15) is 56.1 Å². The number of hydrogen-bond donors (Lipinski definition) is 2. The van der Waals surface area contributed by atoms with Crippen molar-refractivity contribution in [2.45, 2.75) is 47.0 Å². The number of H-pyrrole nitrogens is 1. The number of carboxylic acid groups (broad SMARTS) is 1. The highest BCUT2D eigenvalue weighted by Gasteiger charge is 2.14. The lowest BCUT2D eigenvalue weighted by atomic mass is 10.2. The number of aryl methyl sites for hydroxylation is 2. The average molecular weight is 212 g/mol. The Balaban J connectivity index is 0.00000196. The van der Waals surface area contributed by atoms with Gasteiger partial charge in [-0.25, -0.2) is 9.78 Å². The fourth-order valence-corrected chi connectivity index (χ4v) is 1.36. The standard InChI is InChI=1S/C10H16N2O2.CH4/c1-3-5-6-8-11-7(4-2)9(12-8)10(13)14;/h3-6H2,1-2H3,(H,11,12)(H,13,14);1H4. The van der Waals surface area contributed by atoms with E-state index in [2.05, 4.69) is 16.9 Å². The Hall–Kier alpha value is -1.32. The minimum atomic E-state index is -0.944. The first-order valence-corrected chi connectivity index (χ1v) is 5.00. The highest BCUT2D eigenvalue weighted by atomic mass is 16.4. The number of aromatic amines is 1. The Morgan fingerprint density at radius 3 is 2.53 bits per heavy atom. The SMILES string of the molecule is C.CCCCc1nc(C(=O)O)c(CC)[nH]1. The molecule has 0 atom stereocenters. The molecule has 1 rings (SSSR count). The lowest BCUT2D eigenvalue weighted by Crippen LogP contribution is -2.00. The fourth-order valence-electron chi connectivity index (χ4n) is 1.36. The number of aromatic carboxylic acids is 1. The van der Waals surface area contributed by atoms with Crippen LogP contribution in [-0.2, 0) is 12.8 Å². The first-order chi connectivity index (χ1) is 6.69. The van der Waals surface area contributed by atoms with E-state index in [0.29, 0.717) is 6.42 Å². The highest BCUT2D eigenvalue weighted by molar-refractivity contribution is 5.86. The summed E-state index contributed by atoms with van der Waals surface area (Å²) in [5.41, 5.74) is 0.905. The minimum Gasteiger partial charge on any atom is -0.476 e. The molecular weight excluding hydrogens is 192 g/mol. The van der Waals surface area contributed by atoms with Gasteiger partial charge < -0.3 is 10.1 Å². The number of imidazole rings is 1. The third-order valence-corrected chi connectivity index (χ3v) is 2.15. The van der Waals surface area contributed by atoms with Crippen LogP contribution in [0.4, 0.5) is 0 Å². The number of nitrogens with zero attached hydrogens (tertiary/aromatic N) is 1. The third-order valence-electron chi connectivity index (χ3n) is 2.15. The van der Waals surface area contributed by atoms with Gasteiger partial charge in [0.2, 0.25) is 0 Å². The summed E-state index contributed by atoms with van der Waals surface area (Å²) in [5, 5.41) is 8.85. The molecule has 2 N–H and O–H groups in total. The van der Waals surface area contributed by atoms with Crippen LogP contribution in [0.2, 0.25) is 0 Å². The first-order valence-electron chi connectivity index (χ1n) is 5.00. The van der Waals surface area contributed by atoms with Crippen LogP contribution in [0, 0.1) is 0 Å².